The third-order valence-electron chi connectivity index (χ3n) is 3.92. The maximum atomic E-state index is 9.46. The Balaban J connectivity index is 2.08. The van der Waals surface area contributed by atoms with E-state index < -0.39 is 0 Å². The molecule has 1 aromatic heterocycles. The van der Waals surface area contributed by atoms with Crippen molar-refractivity contribution in [1.82, 2.24) is 4.57 Å². The number of nitriles is 1. The van der Waals surface area contributed by atoms with Gasteiger partial charge in [0.15, 0.2) is 0 Å². The van der Waals surface area contributed by atoms with Gasteiger partial charge in [-0.3, -0.25) is 0 Å². The van der Waals surface area contributed by atoms with Crippen molar-refractivity contribution >= 4 is 5.70 Å². The van der Waals surface area contributed by atoms with Gasteiger partial charge in [-0.15, -0.1) is 0 Å². The fourth-order valence-electron chi connectivity index (χ4n) is 2.63. The van der Waals surface area contributed by atoms with Gasteiger partial charge < -0.3 is 10.3 Å². The maximum Gasteiger partial charge on any atom is 0.101 e. The van der Waals surface area contributed by atoms with Crippen LogP contribution in [0.2, 0.25) is 0 Å². The van der Waals surface area contributed by atoms with E-state index in [1.54, 1.807) is 0 Å². The molecule has 3 heteroatoms. The topological polar surface area (TPSA) is 54.7 Å². The van der Waals surface area contributed by atoms with Gasteiger partial charge in [0.2, 0.25) is 0 Å². The van der Waals surface area contributed by atoms with Crippen molar-refractivity contribution < 1.29 is 0 Å². The molecule has 0 atom stereocenters. The number of nitrogens with two attached hydrogens (primary N) is 1. The van der Waals surface area contributed by atoms with Gasteiger partial charge in [0, 0.05) is 29.3 Å². The van der Waals surface area contributed by atoms with Gasteiger partial charge in [0.1, 0.15) is 6.07 Å². The summed E-state index contributed by atoms with van der Waals surface area (Å²) in [4.78, 5) is 0. The first-order chi connectivity index (χ1) is 11.1. The molecule has 3 rings (SSSR count). The molecule has 2 N–H and O–H groups in total. The average Bonchev–Trinajstić information content (AvgIpc) is 2.99. The summed E-state index contributed by atoms with van der Waals surface area (Å²) < 4.78 is 1.96. The van der Waals surface area contributed by atoms with Gasteiger partial charge >= 0.3 is 0 Å². The Kier molecular flexibility index (Phi) is 3.74. The second-order valence-electron chi connectivity index (χ2n) is 5.49. The Morgan fingerprint density at radius 3 is 2.35 bits per heavy atom. The number of hydrogen-bond donors (Lipinski definition) is 1. The molecular weight excluding hydrogens is 282 g/mol. The van der Waals surface area contributed by atoms with Crippen LogP contribution in [-0.4, -0.2) is 4.57 Å². The molecule has 0 spiro atoms. The van der Waals surface area contributed by atoms with Crippen LogP contribution in [0.15, 0.2) is 67.5 Å². The van der Waals surface area contributed by atoms with Crippen LogP contribution < -0.4 is 5.73 Å². The monoisotopic (exact) mass is 299 g/mol. The van der Waals surface area contributed by atoms with Crippen LogP contribution in [-0.2, 0) is 0 Å². The Labute approximate surface area is 135 Å². The molecule has 0 unspecified atom stereocenters. The molecule has 112 valence electrons. The van der Waals surface area contributed by atoms with Crippen molar-refractivity contribution in [2.24, 2.45) is 5.73 Å². The van der Waals surface area contributed by atoms with Crippen molar-refractivity contribution in [3.8, 4) is 22.9 Å². The average molecular weight is 299 g/mol. The third-order valence-corrected chi connectivity index (χ3v) is 3.92. The minimum atomic E-state index is 0.544. The molecule has 0 saturated carbocycles. The highest BCUT2D eigenvalue weighted by Gasteiger charge is 2.11. The normalized spacial score (nSPS) is 10.3. The van der Waals surface area contributed by atoms with Gasteiger partial charge in [-0.2, -0.15) is 5.26 Å². The molecule has 3 aromatic rings. The molecule has 2 aromatic carbocycles. The van der Waals surface area contributed by atoms with Crippen molar-refractivity contribution in [1.29, 1.82) is 5.26 Å². The van der Waals surface area contributed by atoms with Crippen LogP contribution in [0.5, 0.6) is 0 Å². The Morgan fingerprint density at radius 2 is 1.74 bits per heavy atom. The molecule has 0 aliphatic carbocycles. The summed E-state index contributed by atoms with van der Waals surface area (Å²) in [6.07, 6.45) is 3.85. The quantitative estimate of drug-likeness (QED) is 0.786. The van der Waals surface area contributed by atoms with Gasteiger partial charge in [0.25, 0.3) is 0 Å². The van der Waals surface area contributed by atoms with Crippen molar-refractivity contribution in [2.75, 3.05) is 0 Å². The summed E-state index contributed by atoms with van der Waals surface area (Å²) in [5, 5.41) is 9.46. The Morgan fingerprint density at radius 1 is 1.04 bits per heavy atom. The molecular formula is C20H17N3. The molecule has 0 saturated heterocycles. The summed E-state index contributed by atoms with van der Waals surface area (Å²) in [5.41, 5.74) is 12.0. The van der Waals surface area contributed by atoms with Crippen LogP contribution in [0, 0.1) is 18.3 Å². The first-order valence-electron chi connectivity index (χ1n) is 7.33. The van der Waals surface area contributed by atoms with E-state index in [-0.39, 0.29) is 0 Å². The van der Waals surface area contributed by atoms with E-state index in [0.29, 0.717) is 11.3 Å². The fraction of sp³-hybridized carbons (Fsp3) is 0.0500. The van der Waals surface area contributed by atoms with Crippen LogP contribution >= 0.6 is 0 Å². The first-order valence-corrected chi connectivity index (χ1v) is 7.33. The minimum absolute atomic E-state index is 0.544. The van der Waals surface area contributed by atoms with E-state index in [4.69, 9.17) is 5.73 Å². The predicted octanol–water partition coefficient (Wildman–Crippen LogP) is 4.25. The van der Waals surface area contributed by atoms with Crippen LogP contribution in [0.4, 0.5) is 0 Å². The van der Waals surface area contributed by atoms with Crippen LogP contribution in [0.3, 0.4) is 0 Å². The van der Waals surface area contributed by atoms with Gasteiger partial charge in [-0.25, -0.2) is 0 Å². The second-order valence-corrected chi connectivity index (χ2v) is 5.49. The lowest BCUT2D eigenvalue weighted by atomic mass is 10.0. The lowest BCUT2D eigenvalue weighted by Crippen LogP contribution is -1.95. The zero-order valence-corrected chi connectivity index (χ0v) is 13.0. The molecule has 1 heterocycles. The highest BCUT2D eigenvalue weighted by molar-refractivity contribution is 5.73. The lowest BCUT2D eigenvalue weighted by Gasteiger charge is -2.05. The van der Waals surface area contributed by atoms with E-state index in [1.165, 1.54) is 0 Å². The van der Waals surface area contributed by atoms with E-state index in [2.05, 4.69) is 25.6 Å². The summed E-state index contributed by atoms with van der Waals surface area (Å²) in [5.74, 6) is 0. The molecule has 3 nitrogen and oxygen atoms in total. The van der Waals surface area contributed by atoms with E-state index in [0.717, 1.165) is 27.9 Å². The minimum Gasteiger partial charge on any atom is -0.399 e. The van der Waals surface area contributed by atoms with Crippen molar-refractivity contribution in [3.63, 3.8) is 0 Å². The number of benzene rings is 2. The standard InChI is InChI=1S/C20H17N3/c1-14-5-3-4-6-19(14)20-13-23(12-17(20)11-21)18-9-7-16(8-10-18)15(2)22/h3-10,12-13H,2,22H2,1H3. The largest absolute Gasteiger partial charge is 0.399 e. The zero-order valence-electron chi connectivity index (χ0n) is 13.0. The fourth-order valence-corrected chi connectivity index (χ4v) is 2.63. The predicted molar refractivity (Wildman–Crippen MR) is 93.9 cm³/mol. The van der Waals surface area contributed by atoms with E-state index >= 15 is 0 Å². The first kappa shape index (κ1) is 14.7. The number of aromatic nitrogens is 1. The zero-order chi connectivity index (χ0) is 16.4. The van der Waals surface area contributed by atoms with Gasteiger partial charge in [-0.1, -0.05) is 43.0 Å². The Bertz CT molecular complexity index is 909. The van der Waals surface area contributed by atoms with Gasteiger partial charge in [-0.05, 0) is 35.7 Å². The van der Waals surface area contributed by atoms with Crippen LogP contribution in [0.25, 0.3) is 22.5 Å². The molecule has 23 heavy (non-hydrogen) atoms. The number of aryl methyl sites for hydroxylation is 1. The second kappa shape index (κ2) is 5.86. The van der Waals surface area contributed by atoms with E-state index in [9.17, 15) is 5.26 Å². The molecule has 0 radical (unpaired) electrons. The molecule has 0 bridgehead atoms. The Hall–Kier alpha value is -3.25. The highest BCUT2D eigenvalue weighted by atomic mass is 14.9. The maximum absolute atomic E-state index is 9.46. The van der Waals surface area contributed by atoms with Crippen molar-refractivity contribution in [3.05, 3.63) is 84.2 Å². The number of nitrogens with zero attached hydrogens (tertiary/aromatic N) is 2. The highest BCUT2D eigenvalue weighted by Crippen LogP contribution is 2.28. The third kappa shape index (κ3) is 2.75. The van der Waals surface area contributed by atoms with Crippen molar-refractivity contribution in [2.45, 2.75) is 6.92 Å². The molecule has 0 fully saturated rings. The molecule has 0 aliphatic rings. The smallest absolute Gasteiger partial charge is 0.101 e. The van der Waals surface area contributed by atoms with Gasteiger partial charge in [0.05, 0.1) is 5.56 Å². The summed E-state index contributed by atoms with van der Waals surface area (Å²) in [6, 6.07) is 18.2. The summed E-state index contributed by atoms with van der Waals surface area (Å²) in [6.45, 7) is 5.79. The SMILES string of the molecule is C=C(N)c1ccc(-n2cc(C#N)c(-c3ccccc3C)c2)cc1. The van der Waals surface area contributed by atoms with E-state index in [1.807, 2.05) is 59.4 Å². The lowest BCUT2D eigenvalue weighted by molar-refractivity contribution is 1.08. The number of hydrogen-bond acceptors (Lipinski definition) is 2. The summed E-state index contributed by atoms with van der Waals surface area (Å²) >= 11 is 0. The number of rotatable bonds is 3. The summed E-state index contributed by atoms with van der Waals surface area (Å²) in [7, 11) is 0. The van der Waals surface area contributed by atoms with Crippen LogP contribution in [0.1, 0.15) is 16.7 Å². The molecule has 0 amide bonds. The molecule has 0 aliphatic heterocycles.